The fourth-order valence-electron chi connectivity index (χ4n) is 1.46. The van der Waals surface area contributed by atoms with E-state index in [9.17, 15) is 8.78 Å². The van der Waals surface area contributed by atoms with Gasteiger partial charge in [0.2, 0.25) is 0 Å². The first-order valence-corrected chi connectivity index (χ1v) is 5.06. The second-order valence-electron chi connectivity index (χ2n) is 3.41. The maximum absolute atomic E-state index is 12.8. The number of halogens is 2. The Morgan fingerprint density at radius 1 is 1.12 bits per heavy atom. The van der Waals surface area contributed by atoms with Crippen LogP contribution in [0.1, 0.15) is 6.42 Å². The molecule has 3 nitrogen and oxygen atoms in total. The van der Waals surface area contributed by atoms with Crippen LogP contribution in [0.25, 0.3) is 0 Å². The van der Waals surface area contributed by atoms with Crippen LogP contribution in [0.15, 0.2) is 18.2 Å². The van der Waals surface area contributed by atoms with Crippen molar-refractivity contribution in [1.29, 1.82) is 0 Å². The number of hydrogen-bond donors (Lipinski definition) is 0. The van der Waals surface area contributed by atoms with Crippen LogP contribution in [0, 0.1) is 11.6 Å². The topological polar surface area (TPSA) is 27.7 Å². The van der Waals surface area contributed by atoms with Gasteiger partial charge in [-0.25, -0.2) is 8.78 Å². The normalized spacial score (nSPS) is 16.6. The van der Waals surface area contributed by atoms with Crippen molar-refractivity contribution in [2.24, 2.45) is 0 Å². The minimum absolute atomic E-state index is 0.176. The third kappa shape index (κ3) is 3.15. The molecule has 1 aromatic carbocycles. The summed E-state index contributed by atoms with van der Waals surface area (Å²) in [6.07, 6.45) is 0.274. The van der Waals surface area contributed by atoms with Crippen LogP contribution in [-0.4, -0.2) is 26.1 Å². The highest BCUT2D eigenvalue weighted by molar-refractivity contribution is 5.23. The lowest BCUT2D eigenvalue weighted by Gasteiger charge is -2.10. The summed E-state index contributed by atoms with van der Waals surface area (Å²) in [5.74, 6) is -1.12. The van der Waals surface area contributed by atoms with Crippen LogP contribution in [0.3, 0.4) is 0 Å². The average molecular weight is 230 g/mol. The van der Waals surface area contributed by atoms with Crippen LogP contribution in [0.4, 0.5) is 8.78 Å². The summed E-state index contributed by atoms with van der Waals surface area (Å²) in [5, 5.41) is 0. The van der Waals surface area contributed by atoms with Crippen molar-refractivity contribution in [2.45, 2.75) is 12.7 Å². The third-order valence-corrected chi connectivity index (χ3v) is 2.15. The van der Waals surface area contributed by atoms with E-state index in [0.29, 0.717) is 26.2 Å². The van der Waals surface area contributed by atoms with Crippen molar-refractivity contribution >= 4 is 0 Å². The predicted molar refractivity (Wildman–Crippen MR) is 52.2 cm³/mol. The molecule has 1 saturated heterocycles. The van der Waals surface area contributed by atoms with Gasteiger partial charge in [-0.3, -0.25) is 0 Å². The van der Waals surface area contributed by atoms with Crippen molar-refractivity contribution in [2.75, 3.05) is 19.8 Å². The summed E-state index contributed by atoms with van der Waals surface area (Å²) >= 11 is 0. The SMILES string of the molecule is Fc1cc(F)cc(OCCC2OCCO2)c1. The minimum atomic E-state index is -0.650. The fourth-order valence-corrected chi connectivity index (χ4v) is 1.46. The van der Waals surface area contributed by atoms with E-state index in [0.717, 1.165) is 18.2 Å². The summed E-state index contributed by atoms with van der Waals surface area (Å²) in [7, 11) is 0. The second-order valence-corrected chi connectivity index (χ2v) is 3.41. The molecular formula is C11H12F2O3. The zero-order valence-electron chi connectivity index (χ0n) is 8.62. The van der Waals surface area contributed by atoms with Crippen molar-refractivity contribution in [3.05, 3.63) is 29.8 Å². The number of ether oxygens (including phenoxy) is 3. The van der Waals surface area contributed by atoms with Gasteiger partial charge in [-0.15, -0.1) is 0 Å². The molecule has 2 rings (SSSR count). The Bertz CT molecular complexity index is 331. The molecule has 0 bridgehead atoms. The van der Waals surface area contributed by atoms with E-state index in [4.69, 9.17) is 14.2 Å². The van der Waals surface area contributed by atoms with Crippen LogP contribution >= 0.6 is 0 Å². The van der Waals surface area contributed by atoms with Crippen LogP contribution in [0.5, 0.6) is 5.75 Å². The summed E-state index contributed by atoms with van der Waals surface area (Å²) in [6, 6.07) is 3.08. The van der Waals surface area contributed by atoms with Gasteiger partial charge in [-0.1, -0.05) is 0 Å². The van der Waals surface area contributed by atoms with Crippen molar-refractivity contribution in [1.82, 2.24) is 0 Å². The molecule has 1 aromatic rings. The van der Waals surface area contributed by atoms with E-state index >= 15 is 0 Å². The van der Waals surface area contributed by atoms with Crippen molar-refractivity contribution in [3.63, 3.8) is 0 Å². The Morgan fingerprint density at radius 3 is 2.38 bits per heavy atom. The molecule has 0 saturated carbocycles. The molecule has 0 radical (unpaired) electrons. The Balaban J connectivity index is 1.80. The van der Waals surface area contributed by atoms with Crippen LogP contribution < -0.4 is 4.74 Å². The van der Waals surface area contributed by atoms with E-state index in [1.807, 2.05) is 0 Å². The van der Waals surface area contributed by atoms with Gasteiger partial charge in [0.15, 0.2) is 6.29 Å². The Hall–Kier alpha value is -1.20. The molecule has 5 heteroatoms. The van der Waals surface area contributed by atoms with Gasteiger partial charge in [-0.05, 0) is 0 Å². The van der Waals surface area contributed by atoms with E-state index in [-0.39, 0.29) is 12.0 Å². The molecule has 1 fully saturated rings. The maximum atomic E-state index is 12.8. The Morgan fingerprint density at radius 2 is 1.75 bits per heavy atom. The molecule has 0 N–H and O–H groups in total. The van der Waals surface area contributed by atoms with Gasteiger partial charge < -0.3 is 14.2 Å². The van der Waals surface area contributed by atoms with Crippen molar-refractivity contribution < 1.29 is 23.0 Å². The summed E-state index contributed by atoms with van der Waals surface area (Å²) in [6.45, 7) is 1.46. The largest absolute Gasteiger partial charge is 0.493 e. The lowest BCUT2D eigenvalue weighted by atomic mass is 10.3. The summed E-state index contributed by atoms with van der Waals surface area (Å²) in [5.41, 5.74) is 0. The van der Waals surface area contributed by atoms with Crippen LogP contribution in [0.2, 0.25) is 0 Å². The molecule has 0 aromatic heterocycles. The minimum Gasteiger partial charge on any atom is -0.493 e. The first kappa shape index (κ1) is 11.3. The van der Waals surface area contributed by atoms with E-state index < -0.39 is 11.6 Å². The molecule has 0 amide bonds. The second kappa shape index (κ2) is 5.23. The predicted octanol–water partition coefficient (Wildman–Crippen LogP) is 2.11. The molecule has 1 heterocycles. The maximum Gasteiger partial charge on any atom is 0.161 e. The van der Waals surface area contributed by atoms with E-state index in [1.165, 1.54) is 0 Å². The molecule has 1 aliphatic heterocycles. The van der Waals surface area contributed by atoms with Gasteiger partial charge in [0.05, 0.1) is 19.8 Å². The standard InChI is InChI=1S/C11H12F2O3/c12-8-5-9(13)7-10(6-8)14-2-1-11-15-3-4-16-11/h5-7,11H,1-4H2. The van der Waals surface area contributed by atoms with Crippen LogP contribution in [-0.2, 0) is 9.47 Å². The molecule has 1 aliphatic rings. The van der Waals surface area contributed by atoms with Crippen molar-refractivity contribution in [3.8, 4) is 5.75 Å². The molecule has 0 unspecified atom stereocenters. The van der Waals surface area contributed by atoms with Gasteiger partial charge >= 0.3 is 0 Å². The monoisotopic (exact) mass is 230 g/mol. The molecule has 16 heavy (non-hydrogen) atoms. The average Bonchev–Trinajstić information content (AvgIpc) is 2.69. The highest BCUT2D eigenvalue weighted by Gasteiger charge is 2.15. The highest BCUT2D eigenvalue weighted by atomic mass is 19.1. The zero-order valence-corrected chi connectivity index (χ0v) is 8.62. The Kier molecular flexibility index (Phi) is 3.69. The zero-order chi connectivity index (χ0) is 11.4. The first-order chi connectivity index (χ1) is 7.74. The summed E-state index contributed by atoms with van der Waals surface area (Å²) < 4.78 is 41.1. The van der Waals surface area contributed by atoms with E-state index in [2.05, 4.69) is 0 Å². The fraction of sp³-hybridized carbons (Fsp3) is 0.455. The molecule has 0 atom stereocenters. The van der Waals surface area contributed by atoms with E-state index in [1.54, 1.807) is 0 Å². The number of hydrogen-bond acceptors (Lipinski definition) is 3. The van der Waals surface area contributed by atoms with Gasteiger partial charge in [0.25, 0.3) is 0 Å². The number of benzene rings is 1. The van der Waals surface area contributed by atoms with Gasteiger partial charge in [0.1, 0.15) is 17.4 Å². The molecular weight excluding hydrogens is 218 g/mol. The first-order valence-electron chi connectivity index (χ1n) is 5.06. The van der Waals surface area contributed by atoms with Gasteiger partial charge in [-0.2, -0.15) is 0 Å². The molecule has 0 aliphatic carbocycles. The van der Waals surface area contributed by atoms with Gasteiger partial charge in [0, 0.05) is 24.6 Å². The third-order valence-electron chi connectivity index (χ3n) is 2.15. The molecule has 0 spiro atoms. The summed E-state index contributed by atoms with van der Waals surface area (Å²) in [4.78, 5) is 0. The lowest BCUT2D eigenvalue weighted by molar-refractivity contribution is -0.0531. The highest BCUT2D eigenvalue weighted by Crippen LogP contribution is 2.16. The smallest absolute Gasteiger partial charge is 0.161 e. The lowest BCUT2D eigenvalue weighted by Crippen LogP contribution is -2.12. The quantitative estimate of drug-likeness (QED) is 0.792. The Labute approximate surface area is 91.9 Å². The number of rotatable bonds is 4. The molecule has 88 valence electrons.